The Kier molecular flexibility index (Phi) is 9.25. The van der Waals surface area contributed by atoms with Gasteiger partial charge < -0.3 is 18.9 Å². The average Bonchev–Trinajstić information content (AvgIpc) is 3.29. The number of aromatic nitrogens is 1. The van der Waals surface area contributed by atoms with E-state index in [0.717, 1.165) is 5.56 Å². The summed E-state index contributed by atoms with van der Waals surface area (Å²) in [4.78, 5) is 32.4. The molecule has 0 spiro atoms. The molecule has 1 aliphatic rings. The van der Waals surface area contributed by atoms with Crippen LogP contribution < -0.4 is 29.1 Å². The zero-order valence-corrected chi connectivity index (χ0v) is 26.2. The molecule has 0 aliphatic carbocycles. The number of hydrogen-bond donors (Lipinski definition) is 0. The Balaban J connectivity index is 1.68. The van der Waals surface area contributed by atoms with E-state index in [-0.39, 0.29) is 24.3 Å². The first-order valence-electron chi connectivity index (χ1n) is 13.3. The van der Waals surface area contributed by atoms with E-state index in [0.29, 0.717) is 53.5 Å². The molecular weight excluding hydrogens is 611 g/mol. The average molecular weight is 640 g/mol. The van der Waals surface area contributed by atoms with Crippen LogP contribution in [0.25, 0.3) is 6.08 Å². The summed E-state index contributed by atoms with van der Waals surface area (Å²) < 4.78 is 24.3. The number of fused-ring (bicyclic) bond motifs is 1. The molecule has 0 amide bonds. The van der Waals surface area contributed by atoms with Gasteiger partial charge in [0.2, 0.25) is 0 Å². The van der Waals surface area contributed by atoms with Crippen molar-refractivity contribution in [2.45, 2.75) is 26.5 Å². The predicted octanol–water partition coefficient (Wildman–Crippen LogP) is 5.70. The molecule has 4 aromatic rings. The smallest absolute Gasteiger partial charge is 0.338 e. The molecule has 0 fully saturated rings. The van der Waals surface area contributed by atoms with Crippen LogP contribution >= 0.6 is 34.5 Å². The minimum atomic E-state index is -0.825. The fourth-order valence-corrected chi connectivity index (χ4v) is 6.44. The van der Waals surface area contributed by atoms with Crippen molar-refractivity contribution >= 4 is 46.6 Å². The van der Waals surface area contributed by atoms with E-state index in [2.05, 4.69) is 4.99 Å². The fourth-order valence-electron chi connectivity index (χ4n) is 4.84. The number of rotatable bonds is 9. The molecule has 2 heterocycles. The van der Waals surface area contributed by atoms with E-state index in [1.165, 1.54) is 30.1 Å². The summed E-state index contributed by atoms with van der Waals surface area (Å²) in [6, 6.07) is 17.4. The van der Waals surface area contributed by atoms with Crippen LogP contribution in [-0.4, -0.2) is 31.4 Å². The third-order valence-electron chi connectivity index (χ3n) is 6.79. The van der Waals surface area contributed by atoms with Gasteiger partial charge in [0.05, 0.1) is 47.7 Å². The number of halogens is 2. The third kappa shape index (κ3) is 6.20. The van der Waals surface area contributed by atoms with Crippen molar-refractivity contribution in [1.82, 2.24) is 4.57 Å². The molecule has 0 saturated heterocycles. The lowest BCUT2D eigenvalue weighted by Gasteiger charge is -2.25. The van der Waals surface area contributed by atoms with Crippen molar-refractivity contribution in [3.63, 3.8) is 0 Å². The van der Waals surface area contributed by atoms with Crippen molar-refractivity contribution in [3.8, 4) is 17.2 Å². The number of esters is 1. The molecule has 1 aromatic heterocycles. The third-order valence-corrected chi connectivity index (χ3v) is 8.27. The van der Waals surface area contributed by atoms with Gasteiger partial charge in [-0.1, -0.05) is 70.9 Å². The molecule has 3 aromatic carbocycles. The van der Waals surface area contributed by atoms with Crippen LogP contribution in [0.3, 0.4) is 0 Å². The highest BCUT2D eigenvalue weighted by Crippen LogP contribution is 2.37. The number of nitrogens with zero attached hydrogens (tertiary/aromatic N) is 2. The molecule has 0 saturated carbocycles. The number of benzene rings is 3. The Morgan fingerprint density at radius 3 is 2.49 bits per heavy atom. The maximum atomic E-state index is 14.1. The molecular formula is C32H28Cl2N2O6S. The van der Waals surface area contributed by atoms with Gasteiger partial charge >= 0.3 is 5.97 Å². The van der Waals surface area contributed by atoms with Gasteiger partial charge in [-0.2, -0.15) is 0 Å². The quantitative estimate of drug-likeness (QED) is 0.219. The van der Waals surface area contributed by atoms with Gasteiger partial charge in [-0.05, 0) is 55.3 Å². The Hall–Kier alpha value is -4.05. The summed E-state index contributed by atoms with van der Waals surface area (Å²) in [5, 5.41) is 0.700. The van der Waals surface area contributed by atoms with Crippen molar-refractivity contribution in [2.75, 3.05) is 20.8 Å². The molecule has 1 atom stereocenters. The fraction of sp³-hybridized carbons (Fsp3) is 0.219. The number of hydrogen-bond acceptors (Lipinski definition) is 8. The molecule has 0 N–H and O–H groups in total. The van der Waals surface area contributed by atoms with Gasteiger partial charge in [0.1, 0.15) is 12.4 Å². The second-order valence-electron chi connectivity index (χ2n) is 9.50. The SMILES string of the molecule is CCOC(=O)C1=C(C)N=c2s/c(=C/c3cc(Cl)cc(Cl)c3OCc3ccccc3)c(=O)n2[C@H]1c1ccc(OC)c(OC)c1. The minimum absolute atomic E-state index is 0.167. The van der Waals surface area contributed by atoms with Crippen LogP contribution in [0.5, 0.6) is 17.2 Å². The maximum absolute atomic E-state index is 14.1. The Morgan fingerprint density at radius 2 is 1.79 bits per heavy atom. The molecule has 43 heavy (non-hydrogen) atoms. The first-order valence-corrected chi connectivity index (χ1v) is 14.9. The van der Waals surface area contributed by atoms with Gasteiger partial charge in [-0.25, -0.2) is 9.79 Å². The van der Waals surface area contributed by atoms with Crippen LogP contribution in [0, 0.1) is 0 Å². The summed E-state index contributed by atoms with van der Waals surface area (Å²) in [5.74, 6) is 0.795. The highest BCUT2D eigenvalue weighted by Gasteiger charge is 2.34. The summed E-state index contributed by atoms with van der Waals surface area (Å²) in [5.41, 5.74) is 2.45. The summed E-state index contributed by atoms with van der Waals surface area (Å²) in [6.07, 6.45) is 1.68. The van der Waals surface area contributed by atoms with Gasteiger partial charge in [0.15, 0.2) is 16.3 Å². The monoisotopic (exact) mass is 638 g/mol. The molecule has 0 unspecified atom stereocenters. The maximum Gasteiger partial charge on any atom is 0.338 e. The van der Waals surface area contributed by atoms with E-state index in [1.807, 2.05) is 30.3 Å². The lowest BCUT2D eigenvalue weighted by molar-refractivity contribution is -0.139. The molecule has 0 radical (unpaired) electrons. The predicted molar refractivity (Wildman–Crippen MR) is 167 cm³/mol. The first-order chi connectivity index (χ1) is 20.7. The van der Waals surface area contributed by atoms with Crippen molar-refractivity contribution in [3.05, 3.63) is 118 Å². The summed E-state index contributed by atoms with van der Waals surface area (Å²) in [6.45, 7) is 3.89. The van der Waals surface area contributed by atoms with Gasteiger partial charge in [0.25, 0.3) is 5.56 Å². The molecule has 11 heteroatoms. The summed E-state index contributed by atoms with van der Waals surface area (Å²) >= 11 is 14.1. The van der Waals surface area contributed by atoms with E-state index in [4.69, 9.17) is 42.1 Å². The van der Waals surface area contributed by atoms with Crippen LogP contribution in [0.4, 0.5) is 0 Å². The number of methoxy groups -OCH3 is 2. The zero-order valence-electron chi connectivity index (χ0n) is 23.9. The Morgan fingerprint density at radius 1 is 1.05 bits per heavy atom. The van der Waals surface area contributed by atoms with E-state index < -0.39 is 12.0 Å². The molecule has 8 nitrogen and oxygen atoms in total. The molecule has 5 rings (SSSR count). The van der Waals surface area contributed by atoms with Crippen LogP contribution in [0.2, 0.25) is 10.0 Å². The van der Waals surface area contributed by atoms with Gasteiger partial charge in [-0.15, -0.1) is 0 Å². The normalized spacial score (nSPS) is 14.7. The lowest BCUT2D eigenvalue weighted by atomic mass is 9.95. The Labute approximate surface area is 262 Å². The van der Waals surface area contributed by atoms with Crippen LogP contribution in [0.15, 0.2) is 81.7 Å². The van der Waals surface area contributed by atoms with E-state index in [9.17, 15) is 9.59 Å². The largest absolute Gasteiger partial charge is 0.493 e. The zero-order chi connectivity index (χ0) is 30.7. The number of carbonyl (C=O) groups excluding carboxylic acids is 1. The second kappa shape index (κ2) is 13.1. The van der Waals surface area contributed by atoms with Gasteiger partial charge in [-0.3, -0.25) is 9.36 Å². The van der Waals surface area contributed by atoms with Crippen molar-refractivity contribution in [2.24, 2.45) is 4.99 Å². The summed E-state index contributed by atoms with van der Waals surface area (Å²) in [7, 11) is 3.06. The Bertz CT molecular complexity index is 1900. The number of ether oxygens (including phenoxy) is 4. The van der Waals surface area contributed by atoms with Crippen LogP contribution in [-0.2, 0) is 16.1 Å². The standard InChI is InChI=1S/C32H28Cl2N2O6S/c1-5-41-31(38)27-18(2)35-32-36(28(27)20-11-12-24(39-3)25(14-20)40-4)30(37)26(43-32)15-21-13-22(33)16-23(34)29(21)42-17-19-9-7-6-8-10-19/h6-16,28H,5,17H2,1-4H3/b26-15+/t28-/m0/s1. The molecule has 222 valence electrons. The number of thiazole rings is 1. The highest BCUT2D eigenvalue weighted by molar-refractivity contribution is 7.07. The van der Waals surface area contributed by atoms with Crippen LogP contribution in [0.1, 0.15) is 36.6 Å². The number of carbonyl (C=O) groups is 1. The molecule has 1 aliphatic heterocycles. The second-order valence-corrected chi connectivity index (χ2v) is 11.3. The topological polar surface area (TPSA) is 88.4 Å². The minimum Gasteiger partial charge on any atom is -0.493 e. The van der Waals surface area contributed by atoms with Crippen molar-refractivity contribution in [1.29, 1.82) is 0 Å². The van der Waals surface area contributed by atoms with Crippen molar-refractivity contribution < 1.29 is 23.7 Å². The first kappa shape index (κ1) is 30.4. The van der Waals surface area contributed by atoms with E-state index in [1.54, 1.807) is 50.3 Å². The van der Waals surface area contributed by atoms with E-state index >= 15 is 0 Å². The number of allylic oxidation sites excluding steroid dienone is 1. The highest BCUT2D eigenvalue weighted by atomic mass is 35.5. The van der Waals surface area contributed by atoms with Gasteiger partial charge in [0, 0.05) is 10.6 Å². The lowest BCUT2D eigenvalue weighted by Crippen LogP contribution is -2.40. The molecule has 0 bridgehead atoms.